The first kappa shape index (κ1) is 14.9. The highest BCUT2D eigenvalue weighted by Crippen LogP contribution is 2.18. The van der Waals surface area contributed by atoms with Crippen LogP contribution < -0.4 is 0 Å². The number of amides is 1. The Hall–Kier alpha value is -1.49. The van der Waals surface area contributed by atoms with Crippen LogP contribution in [0.4, 0.5) is 4.79 Å². The molecule has 0 saturated carbocycles. The van der Waals surface area contributed by atoms with Crippen LogP contribution in [-0.4, -0.2) is 38.7 Å². The number of carbonyl (C=O) groups excluding carboxylic acids is 1. The third-order valence-corrected chi connectivity index (χ3v) is 3.81. The monoisotopic (exact) mass is 291 g/mol. The van der Waals surface area contributed by atoms with Crippen LogP contribution in [0.15, 0.2) is 18.8 Å². The zero-order chi connectivity index (χ0) is 14.7. The van der Waals surface area contributed by atoms with Gasteiger partial charge in [-0.05, 0) is 42.2 Å². The Labute approximate surface area is 125 Å². The maximum absolute atomic E-state index is 12.3. The van der Waals surface area contributed by atoms with Gasteiger partial charge in [0, 0.05) is 25.7 Å². The SMILES string of the molecule is C=C(CC(C)=S)c1ccn(C(=O)N2CCC(C)CC2)n1. The summed E-state index contributed by atoms with van der Waals surface area (Å²) in [7, 11) is 0. The lowest BCUT2D eigenvalue weighted by Gasteiger charge is -2.29. The van der Waals surface area contributed by atoms with Gasteiger partial charge in [-0.3, -0.25) is 0 Å². The smallest absolute Gasteiger partial charge is 0.323 e. The van der Waals surface area contributed by atoms with E-state index in [1.807, 2.05) is 17.9 Å². The summed E-state index contributed by atoms with van der Waals surface area (Å²) in [5.41, 5.74) is 1.60. The molecule has 0 N–H and O–H groups in total. The number of allylic oxidation sites excluding steroid dienone is 1. The molecule has 2 rings (SSSR count). The number of hydrogen-bond donors (Lipinski definition) is 0. The number of hydrogen-bond acceptors (Lipinski definition) is 3. The lowest BCUT2D eigenvalue weighted by atomic mass is 10.00. The van der Waals surface area contributed by atoms with Crippen molar-refractivity contribution in [2.75, 3.05) is 13.1 Å². The molecule has 1 aromatic heterocycles. The molecule has 0 aliphatic carbocycles. The van der Waals surface area contributed by atoms with Gasteiger partial charge in [0.25, 0.3) is 0 Å². The normalized spacial score (nSPS) is 16.2. The molecule has 1 saturated heterocycles. The Bertz CT molecular complexity index is 527. The van der Waals surface area contributed by atoms with E-state index < -0.39 is 0 Å². The van der Waals surface area contributed by atoms with Crippen LogP contribution in [0.1, 0.15) is 38.8 Å². The van der Waals surface area contributed by atoms with E-state index in [1.165, 1.54) is 4.68 Å². The summed E-state index contributed by atoms with van der Waals surface area (Å²) in [5.74, 6) is 0.706. The molecule has 5 heteroatoms. The molecule has 0 radical (unpaired) electrons. The minimum absolute atomic E-state index is 0.0463. The maximum Gasteiger partial charge on any atom is 0.344 e. The highest BCUT2D eigenvalue weighted by Gasteiger charge is 2.22. The summed E-state index contributed by atoms with van der Waals surface area (Å²) in [5, 5.41) is 4.32. The zero-order valence-corrected chi connectivity index (χ0v) is 12.9. The summed E-state index contributed by atoms with van der Waals surface area (Å²) < 4.78 is 1.41. The molecule has 1 fully saturated rings. The summed E-state index contributed by atoms with van der Waals surface area (Å²) in [6, 6.07) is 1.78. The van der Waals surface area contributed by atoms with Gasteiger partial charge in [0.05, 0.1) is 5.69 Å². The van der Waals surface area contributed by atoms with E-state index in [0.29, 0.717) is 12.3 Å². The number of rotatable bonds is 3. The van der Waals surface area contributed by atoms with Gasteiger partial charge in [-0.25, -0.2) is 4.79 Å². The van der Waals surface area contributed by atoms with Crippen LogP contribution in [0.25, 0.3) is 5.57 Å². The predicted octanol–water partition coefficient (Wildman–Crippen LogP) is 3.38. The number of aromatic nitrogens is 2. The van der Waals surface area contributed by atoms with Crippen LogP contribution in [-0.2, 0) is 0 Å². The van der Waals surface area contributed by atoms with Crippen molar-refractivity contribution in [1.82, 2.24) is 14.7 Å². The van der Waals surface area contributed by atoms with Crippen LogP contribution >= 0.6 is 12.2 Å². The van der Waals surface area contributed by atoms with E-state index in [9.17, 15) is 4.79 Å². The minimum Gasteiger partial charge on any atom is -0.323 e. The lowest BCUT2D eigenvalue weighted by Crippen LogP contribution is -2.40. The first-order valence-corrected chi connectivity index (χ1v) is 7.40. The van der Waals surface area contributed by atoms with Crippen molar-refractivity contribution < 1.29 is 4.79 Å². The average molecular weight is 291 g/mol. The average Bonchev–Trinajstić information content (AvgIpc) is 2.87. The maximum atomic E-state index is 12.3. The Kier molecular flexibility index (Phi) is 4.70. The van der Waals surface area contributed by atoms with Crippen LogP contribution in [0.3, 0.4) is 0 Å². The van der Waals surface area contributed by atoms with Crippen molar-refractivity contribution in [2.45, 2.75) is 33.1 Å². The van der Waals surface area contributed by atoms with E-state index >= 15 is 0 Å². The van der Waals surface area contributed by atoms with E-state index in [1.54, 1.807) is 6.20 Å². The number of carbonyl (C=O) groups is 1. The van der Waals surface area contributed by atoms with E-state index in [2.05, 4.69) is 18.6 Å². The molecule has 20 heavy (non-hydrogen) atoms. The largest absolute Gasteiger partial charge is 0.344 e. The molecule has 0 spiro atoms. The van der Waals surface area contributed by atoms with E-state index in [4.69, 9.17) is 12.2 Å². The number of likely N-dealkylation sites (tertiary alicyclic amines) is 1. The van der Waals surface area contributed by atoms with Gasteiger partial charge >= 0.3 is 6.03 Å². The summed E-state index contributed by atoms with van der Waals surface area (Å²) in [6.07, 6.45) is 4.48. The quantitative estimate of drug-likeness (QED) is 0.801. The van der Waals surface area contributed by atoms with Crippen molar-refractivity contribution in [2.24, 2.45) is 5.92 Å². The molecule has 108 valence electrons. The Morgan fingerprint density at radius 1 is 1.50 bits per heavy atom. The van der Waals surface area contributed by atoms with Gasteiger partial charge in [-0.15, -0.1) is 0 Å². The predicted molar refractivity (Wildman–Crippen MR) is 84.9 cm³/mol. The van der Waals surface area contributed by atoms with Crippen molar-refractivity contribution in [1.29, 1.82) is 0 Å². The van der Waals surface area contributed by atoms with Crippen LogP contribution in [0.5, 0.6) is 0 Å². The Balaban J connectivity index is 2.03. The van der Waals surface area contributed by atoms with Gasteiger partial charge in [0.2, 0.25) is 0 Å². The van der Waals surface area contributed by atoms with Gasteiger partial charge in [-0.2, -0.15) is 9.78 Å². The highest BCUT2D eigenvalue weighted by molar-refractivity contribution is 7.80. The minimum atomic E-state index is -0.0463. The standard InChI is InChI=1S/C15H21N3OS/c1-11-4-7-17(8-5-11)15(19)18-9-6-14(16-18)12(2)10-13(3)20/h6,9,11H,2,4-5,7-8,10H2,1,3H3. The summed E-state index contributed by atoms with van der Waals surface area (Å²) in [6.45, 7) is 9.72. The fourth-order valence-electron chi connectivity index (χ4n) is 2.35. The number of piperidine rings is 1. The van der Waals surface area contributed by atoms with Crippen molar-refractivity contribution >= 4 is 28.7 Å². The molecular weight excluding hydrogens is 270 g/mol. The number of nitrogens with zero attached hydrogens (tertiary/aromatic N) is 3. The van der Waals surface area contributed by atoms with Gasteiger partial charge in [0.15, 0.2) is 0 Å². The van der Waals surface area contributed by atoms with E-state index in [0.717, 1.165) is 42.1 Å². The van der Waals surface area contributed by atoms with Gasteiger partial charge in [-0.1, -0.05) is 25.7 Å². The number of thiocarbonyl (C=S) groups is 1. The lowest BCUT2D eigenvalue weighted by molar-refractivity contribution is 0.172. The third kappa shape index (κ3) is 3.54. The molecule has 0 bridgehead atoms. The molecule has 0 atom stereocenters. The van der Waals surface area contributed by atoms with Crippen molar-refractivity contribution in [3.8, 4) is 0 Å². The van der Waals surface area contributed by atoms with Gasteiger partial charge < -0.3 is 4.90 Å². The zero-order valence-electron chi connectivity index (χ0n) is 12.1. The Morgan fingerprint density at radius 2 is 2.15 bits per heavy atom. The van der Waals surface area contributed by atoms with Crippen molar-refractivity contribution in [3.05, 3.63) is 24.5 Å². The molecule has 1 aliphatic heterocycles. The molecule has 1 aliphatic rings. The molecule has 0 unspecified atom stereocenters. The van der Waals surface area contributed by atoms with Crippen molar-refractivity contribution in [3.63, 3.8) is 0 Å². The molecule has 2 heterocycles. The topological polar surface area (TPSA) is 38.1 Å². The first-order chi connectivity index (χ1) is 9.47. The second-order valence-electron chi connectivity index (χ2n) is 5.58. The second kappa shape index (κ2) is 6.31. The fraction of sp³-hybridized carbons (Fsp3) is 0.533. The third-order valence-electron chi connectivity index (χ3n) is 3.66. The highest BCUT2D eigenvalue weighted by atomic mass is 32.1. The fourth-order valence-corrected chi connectivity index (χ4v) is 2.53. The Morgan fingerprint density at radius 3 is 2.75 bits per heavy atom. The van der Waals surface area contributed by atoms with Crippen LogP contribution in [0.2, 0.25) is 0 Å². The molecule has 1 amide bonds. The van der Waals surface area contributed by atoms with Crippen LogP contribution in [0, 0.1) is 5.92 Å². The first-order valence-electron chi connectivity index (χ1n) is 7.00. The van der Waals surface area contributed by atoms with E-state index in [-0.39, 0.29) is 6.03 Å². The van der Waals surface area contributed by atoms with Gasteiger partial charge in [0.1, 0.15) is 0 Å². The molecule has 4 nitrogen and oxygen atoms in total. The second-order valence-corrected chi connectivity index (χ2v) is 6.28. The summed E-state index contributed by atoms with van der Waals surface area (Å²) in [4.78, 5) is 15.1. The molecular formula is C15H21N3OS. The molecule has 1 aromatic rings. The molecule has 0 aromatic carbocycles. The summed E-state index contributed by atoms with van der Waals surface area (Å²) >= 11 is 5.07.